The number of anilines is 1. The van der Waals surface area contributed by atoms with Crippen molar-refractivity contribution in [1.82, 2.24) is 5.32 Å². The molecule has 126 valence electrons. The number of carbonyl (C=O) groups is 3. The molecule has 1 heterocycles. The van der Waals surface area contributed by atoms with Gasteiger partial charge in [0.2, 0.25) is 0 Å². The standard InChI is InChI=1S/C18H12Cl2N2O3/c1-10-2-6-13(7-3-10)22-17(24)14(16(23)21-18(22)25)8-11-4-5-12(19)9-15(11)20/h2-9H,1H3,(H,21,23,25). The van der Waals surface area contributed by atoms with Crippen LogP contribution in [0.4, 0.5) is 10.5 Å². The highest BCUT2D eigenvalue weighted by atomic mass is 35.5. The first-order chi connectivity index (χ1) is 11.9. The fraction of sp³-hybridized carbons (Fsp3) is 0.0556. The van der Waals surface area contributed by atoms with E-state index < -0.39 is 17.8 Å². The lowest BCUT2D eigenvalue weighted by Gasteiger charge is -2.26. The van der Waals surface area contributed by atoms with Gasteiger partial charge in [0.15, 0.2) is 0 Å². The fourth-order valence-electron chi connectivity index (χ4n) is 2.36. The Morgan fingerprint density at radius 2 is 1.68 bits per heavy atom. The molecule has 2 aromatic carbocycles. The van der Waals surface area contributed by atoms with E-state index in [1.165, 1.54) is 12.1 Å². The first kappa shape index (κ1) is 17.2. The van der Waals surface area contributed by atoms with Crippen molar-refractivity contribution in [2.75, 3.05) is 4.90 Å². The monoisotopic (exact) mass is 374 g/mol. The van der Waals surface area contributed by atoms with Gasteiger partial charge in [-0.15, -0.1) is 0 Å². The number of nitrogens with one attached hydrogen (secondary N) is 1. The van der Waals surface area contributed by atoms with E-state index in [1.54, 1.807) is 36.4 Å². The lowest BCUT2D eigenvalue weighted by Crippen LogP contribution is -2.54. The molecule has 0 radical (unpaired) electrons. The molecule has 0 saturated carbocycles. The summed E-state index contributed by atoms with van der Waals surface area (Å²) in [7, 11) is 0. The number of hydrogen-bond acceptors (Lipinski definition) is 3. The average Bonchev–Trinajstić information content (AvgIpc) is 2.55. The maximum absolute atomic E-state index is 12.7. The van der Waals surface area contributed by atoms with Crippen LogP contribution >= 0.6 is 23.2 Å². The van der Waals surface area contributed by atoms with E-state index in [0.717, 1.165) is 10.5 Å². The number of nitrogens with zero attached hydrogens (tertiary/aromatic N) is 1. The van der Waals surface area contributed by atoms with Crippen LogP contribution in [0.2, 0.25) is 10.0 Å². The molecule has 2 aromatic rings. The molecule has 1 aliphatic heterocycles. The van der Waals surface area contributed by atoms with Crippen molar-refractivity contribution in [1.29, 1.82) is 0 Å². The van der Waals surface area contributed by atoms with Gasteiger partial charge in [0.1, 0.15) is 5.57 Å². The zero-order valence-corrected chi connectivity index (χ0v) is 14.6. The second-order valence-corrected chi connectivity index (χ2v) is 6.30. The summed E-state index contributed by atoms with van der Waals surface area (Å²) in [6.45, 7) is 1.89. The van der Waals surface area contributed by atoms with Gasteiger partial charge in [0.25, 0.3) is 11.8 Å². The van der Waals surface area contributed by atoms with Crippen molar-refractivity contribution in [2.24, 2.45) is 0 Å². The van der Waals surface area contributed by atoms with Crippen LogP contribution in [0.5, 0.6) is 0 Å². The maximum Gasteiger partial charge on any atom is 0.335 e. The SMILES string of the molecule is Cc1ccc(N2C(=O)NC(=O)C(=Cc3ccc(Cl)cc3Cl)C2=O)cc1. The van der Waals surface area contributed by atoms with Crippen LogP contribution in [0.15, 0.2) is 48.0 Å². The zero-order chi connectivity index (χ0) is 18.1. The van der Waals surface area contributed by atoms with Crippen molar-refractivity contribution in [3.63, 3.8) is 0 Å². The lowest BCUT2D eigenvalue weighted by molar-refractivity contribution is -0.122. The largest absolute Gasteiger partial charge is 0.335 e. The molecule has 1 N–H and O–H groups in total. The number of aryl methyl sites for hydroxylation is 1. The highest BCUT2D eigenvalue weighted by Gasteiger charge is 2.36. The number of imide groups is 2. The number of hydrogen-bond donors (Lipinski definition) is 1. The average molecular weight is 375 g/mol. The van der Waals surface area contributed by atoms with Crippen LogP contribution in [-0.4, -0.2) is 17.8 Å². The number of carbonyl (C=O) groups excluding carboxylic acids is 3. The molecule has 1 fully saturated rings. The van der Waals surface area contributed by atoms with Gasteiger partial charge in [0.05, 0.1) is 5.69 Å². The molecule has 0 aromatic heterocycles. The number of benzene rings is 2. The van der Waals surface area contributed by atoms with E-state index in [1.807, 2.05) is 6.92 Å². The minimum atomic E-state index is -0.793. The smallest absolute Gasteiger partial charge is 0.273 e. The molecule has 0 unspecified atom stereocenters. The number of urea groups is 1. The van der Waals surface area contributed by atoms with Crippen LogP contribution < -0.4 is 10.2 Å². The predicted molar refractivity (Wildman–Crippen MR) is 96.6 cm³/mol. The second-order valence-electron chi connectivity index (χ2n) is 5.46. The van der Waals surface area contributed by atoms with Gasteiger partial charge in [-0.1, -0.05) is 47.0 Å². The van der Waals surface area contributed by atoms with Gasteiger partial charge < -0.3 is 0 Å². The molecule has 0 aliphatic carbocycles. The van der Waals surface area contributed by atoms with Gasteiger partial charge in [0, 0.05) is 10.0 Å². The summed E-state index contributed by atoms with van der Waals surface area (Å²) >= 11 is 11.9. The van der Waals surface area contributed by atoms with Crippen LogP contribution in [-0.2, 0) is 9.59 Å². The van der Waals surface area contributed by atoms with Crippen molar-refractivity contribution < 1.29 is 14.4 Å². The zero-order valence-electron chi connectivity index (χ0n) is 13.0. The molecular formula is C18H12Cl2N2O3. The van der Waals surface area contributed by atoms with Crippen molar-refractivity contribution in [3.05, 3.63) is 69.2 Å². The highest BCUT2D eigenvalue weighted by Crippen LogP contribution is 2.26. The van der Waals surface area contributed by atoms with Crippen molar-refractivity contribution in [2.45, 2.75) is 6.92 Å². The maximum atomic E-state index is 12.7. The van der Waals surface area contributed by atoms with Crippen LogP contribution in [0.3, 0.4) is 0 Å². The summed E-state index contributed by atoms with van der Waals surface area (Å²) in [6.07, 6.45) is 1.34. The summed E-state index contributed by atoms with van der Waals surface area (Å²) in [5, 5.41) is 2.89. The highest BCUT2D eigenvalue weighted by molar-refractivity contribution is 6.40. The quantitative estimate of drug-likeness (QED) is 0.638. The van der Waals surface area contributed by atoms with E-state index in [0.29, 0.717) is 21.3 Å². The minimum Gasteiger partial charge on any atom is -0.273 e. The third kappa shape index (κ3) is 3.43. The number of barbiturate groups is 1. The van der Waals surface area contributed by atoms with Crippen LogP contribution in [0, 0.1) is 6.92 Å². The molecule has 4 amide bonds. The predicted octanol–water partition coefficient (Wildman–Crippen LogP) is 3.97. The summed E-state index contributed by atoms with van der Waals surface area (Å²) in [5.41, 5.74) is 1.61. The van der Waals surface area contributed by atoms with Gasteiger partial charge in [-0.05, 0) is 42.8 Å². The molecule has 3 rings (SSSR count). The summed E-state index contributed by atoms with van der Waals surface area (Å²) in [5.74, 6) is -1.49. The van der Waals surface area contributed by atoms with E-state index >= 15 is 0 Å². The normalized spacial score (nSPS) is 16.4. The van der Waals surface area contributed by atoms with Crippen LogP contribution in [0.1, 0.15) is 11.1 Å². The van der Waals surface area contributed by atoms with Gasteiger partial charge in [-0.2, -0.15) is 0 Å². The molecule has 1 saturated heterocycles. The van der Waals surface area contributed by atoms with E-state index in [2.05, 4.69) is 5.32 Å². The van der Waals surface area contributed by atoms with E-state index in [9.17, 15) is 14.4 Å². The summed E-state index contributed by atoms with van der Waals surface area (Å²) in [6, 6.07) is 10.7. The Kier molecular flexibility index (Phi) is 4.61. The van der Waals surface area contributed by atoms with Crippen LogP contribution in [0.25, 0.3) is 6.08 Å². The third-order valence-electron chi connectivity index (χ3n) is 3.66. The van der Waals surface area contributed by atoms with Crippen molar-refractivity contribution in [3.8, 4) is 0 Å². The first-order valence-electron chi connectivity index (χ1n) is 7.30. The second kappa shape index (κ2) is 6.70. The fourth-order valence-corrected chi connectivity index (χ4v) is 2.82. The molecule has 1 aliphatic rings. The Hall–Kier alpha value is -2.63. The molecule has 7 heteroatoms. The van der Waals surface area contributed by atoms with E-state index in [-0.39, 0.29) is 5.57 Å². The number of amides is 4. The van der Waals surface area contributed by atoms with E-state index in [4.69, 9.17) is 23.2 Å². The molecule has 5 nitrogen and oxygen atoms in total. The third-order valence-corrected chi connectivity index (χ3v) is 4.22. The molecule has 0 atom stereocenters. The number of halogens is 2. The number of rotatable bonds is 2. The molecule has 0 spiro atoms. The first-order valence-corrected chi connectivity index (χ1v) is 8.05. The Labute approximate surface area is 153 Å². The Morgan fingerprint density at radius 3 is 2.32 bits per heavy atom. The summed E-state index contributed by atoms with van der Waals surface area (Å²) < 4.78 is 0. The molecule has 0 bridgehead atoms. The van der Waals surface area contributed by atoms with Gasteiger partial charge in [-0.25, -0.2) is 9.69 Å². The Balaban J connectivity index is 2.03. The summed E-state index contributed by atoms with van der Waals surface area (Å²) in [4.78, 5) is 37.9. The topological polar surface area (TPSA) is 66.5 Å². The molecular weight excluding hydrogens is 363 g/mol. The lowest BCUT2D eigenvalue weighted by atomic mass is 10.1. The molecule has 25 heavy (non-hydrogen) atoms. The van der Waals surface area contributed by atoms with Gasteiger partial charge >= 0.3 is 6.03 Å². The minimum absolute atomic E-state index is 0.190. The van der Waals surface area contributed by atoms with Gasteiger partial charge in [-0.3, -0.25) is 14.9 Å². The Bertz CT molecular complexity index is 920. The Morgan fingerprint density at radius 1 is 1.00 bits per heavy atom. The van der Waals surface area contributed by atoms with Crippen molar-refractivity contribution >= 4 is 52.8 Å².